The Labute approximate surface area is 157 Å². The molecule has 0 bridgehead atoms. The summed E-state index contributed by atoms with van der Waals surface area (Å²) in [5, 5.41) is 14.0. The number of anilines is 1. The Bertz CT molecular complexity index is 818. The molecule has 0 aliphatic heterocycles. The fraction of sp³-hybridized carbons (Fsp3) is 0.286. The summed E-state index contributed by atoms with van der Waals surface area (Å²) < 4.78 is 0. The third-order valence-electron chi connectivity index (χ3n) is 4.65. The Kier molecular flexibility index (Phi) is 5.86. The maximum atomic E-state index is 12.2. The molecule has 1 aliphatic carbocycles. The van der Waals surface area contributed by atoms with E-state index in [-0.39, 0.29) is 24.8 Å². The molecule has 1 aliphatic rings. The second-order valence-corrected chi connectivity index (χ2v) is 6.74. The number of carbonyl (C=O) groups is 3. The van der Waals surface area contributed by atoms with Crippen molar-refractivity contribution >= 4 is 23.5 Å². The van der Waals surface area contributed by atoms with Gasteiger partial charge in [-0.25, -0.2) is 0 Å². The third kappa shape index (κ3) is 5.41. The number of hydrogen-bond acceptors (Lipinski definition) is 3. The van der Waals surface area contributed by atoms with E-state index in [0.717, 1.165) is 6.42 Å². The van der Waals surface area contributed by atoms with Gasteiger partial charge in [0.1, 0.15) is 0 Å². The van der Waals surface area contributed by atoms with Crippen molar-refractivity contribution in [2.75, 3.05) is 11.9 Å². The predicted molar refractivity (Wildman–Crippen MR) is 102 cm³/mol. The van der Waals surface area contributed by atoms with E-state index in [9.17, 15) is 14.4 Å². The standard InChI is InChI=1S/C21H22N2O4/c24-19(13-16-12-18(16)14-4-2-1-3-5-14)23-17-8-6-15(7-9-17)21(27)22-11-10-20(25)26/h1-9,16,18H,10-13H2,(H,22,27)(H,23,24)(H,25,26)/t16-,18-/m0/s1. The lowest BCUT2D eigenvalue weighted by Gasteiger charge is -2.07. The summed E-state index contributed by atoms with van der Waals surface area (Å²) >= 11 is 0. The average molecular weight is 366 g/mol. The van der Waals surface area contributed by atoms with Crippen molar-refractivity contribution < 1.29 is 19.5 Å². The number of nitrogens with one attached hydrogen (secondary N) is 2. The maximum absolute atomic E-state index is 12.2. The van der Waals surface area contributed by atoms with E-state index >= 15 is 0 Å². The zero-order valence-corrected chi connectivity index (χ0v) is 14.9. The van der Waals surface area contributed by atoms with Crippen molar-refractivity contribution in [2.24, 2.45) is 5.92 Å². The Balaban J connectivity index is 1.45. The molecule has 0 radical (unpaired) electrons. The zero-order chi connectivity index (χ0) is 19.2. The van der Waals surface area contributed by atoms with Crippen LogP contribution in [0.1, 0.15) is 41.1 Å². The summed E-state index contributed by atoms with van der Waals surface area (Å²) in [5.74, 6) is -0.478. The first-order valence-corrected chi connectivity index (χ1v) is 8.98. The highest BCUT2D eigenvalue weighted by atomic mass is 16.4. The second-order valence-electron chi connectivity index (χ2n) is 6.74. The Morgan fingerprint density at radius 1 is 1.00 bits per heavy atom. The minimum Gasteiger partial charge on any atom is -0.481 e. The molecule has 1 fully saturated rings. The Morgan fingerprint density at radius 3 is 2.37 bits per heavy atom. The highest BCUT2D eigenvalue weighted by Crippen LogP contribution is 2.49. The van der Waals surface area contributed by atoms with E-state index in [1.54, 1.807) is 24.3 Å². The molecule has 140 valence electrons. The smallest absolute Gasteiger partial charge is 0.305 e. The molecule has 6 nitrogen and oxygen atoms in total. The van der Waals surface area contributed by atoms with Gasteiger partial charge in [0.25, 0.3) is 5.91 Å². The number of aliphatic carboxylic acids is 1. The van der Waals surface area contributed by atoms with Crippen LogP contribution in [0.15, 0.2) is 54.6 Å². The lowest BCUT2D eigenvalue weighted by atomic mass is 10.1. The third-order valence-corrected chi connectivity index (χ3v) is 4.65. The summed E-state index contributed by atoms with van der Waals surface area (Å²) in [5.41, 5.74) is 2.34. The van der Waals surface area contributed by atoms with Gasteiger partial charge in [0.2, 0.25) is 5.91 Å². The molecule has 3 rings (SSSR count). The molecule has 2 aromatic carbocycles. The summed E-state index contributed by atoms with van der Waals surface area (Å²) in [7, 11) is 0. The van der Waals surface area contributed by atoms with Crippen LogP contribution in [0.4, 0.5) is 5.69 Å². The molecular weight excluding hydrogens is 344 g/mol. The van der Waals surface area contributed by atoms with Crippen LogP contribution in [-0.2, 0) is 9.59 Å². The highest BCUT2D eigenvalue weighted by Gasteiger charge is 2.39. The molecule has 2 aromatic rings. The van der Waals surface area contributed by atoms with Crippen LogP contribution in [0.5, 0.6) is 0 Å². The van der Waals surface area contributed by atoms with E-state index in [2.05, 4.69) is 22.8 Å². The topological polar surface area (TPSA) is 95.5 Å². The number of benzene rings is 2. The molecule has 0 unspecified atom stereocenters. The van der Waals surface area contributed by atoms with Gasteiger partial charge in [-0.3, -0.25) is 14.4 Å². The number of rotatable bonds is 8. The number of carboxylic acid groups (broad SMARTS) is 1. The van der Waals surface area contributed by atoms with Gasteiger partial charge in [-0.1, -0.05) is 30.3 Å². The highest BCUT2D eigenvalue weighted by molar-refractivity contribution is 5.96. The molecule has 0 spiro atoms. The lowest BCUT2D eigenvalue weighted by molar-refractivity contribution is -0.136. The van der Waals surface area contributed by atoms with Crippen molar-refractivity contribution in [3.63, 3.8) is 0 Å². The molecule has 1 saturated carbocycles. The number of carboxylic acids is 1. The second kappa shape index (κ2) is 8.49. The first-order valence-electron chi connectivity index (χ1n) is 8.98. The summed E-state index contributed by atoms with van der Waals surface area (Å²) in [4.78, 5) is 34.6. The van der Waals surface area contributed by atoms with Crippen molar-refractivity contribution in [3.05, 3.63) is 65.7 Å². The van der Waals surface area contributed by atoms with Gasteiger partial charge in [0.15, 0.2) is 0 Å². The SMILES string of the molecule is O=C(O)CCNC(=O)c1ccc(NC(=O)C[C@@H]2C[C@H]2c2ccccc2)cc1. The zero-order valence-electron chi connectivity index (χ0n) is 14.9. The fourth-order valence-corrected chi connectivity index (χ4v) is 3.12. The van der Waals surface area contributed by atoms with Crippen molar-refractivity contribution in [1.29, 1.82) is 0 Å². The van der Waals surface area contributed by atoms with E-state index in [1.165, 1.54) is 5.56 Å². The molecule has 27 heavy (non-hydrogen) atoms. The number of carbonyl (C=O) groups excluding carboxylic acids is 2. The molecule has 3 N–H and O–H groups in total. The van der Waals surface area contributed by atoms with E-state index in [4.69, 9.17) is 5.11 Å². The van der Waals surface area contributed by atoms with Gasteiger partial charge in [-0.15, -0.1) is 0 Å². The van der Waals surface area contributed by atoms with Gasteiger partial charge < -0.3 is 15.7 Å². The normalized spacial score (nSPS) is 17.8. The van der Waals surface area contributed by atoms with E-state index in [1.807, 2.05) is 18.2 Å². The minimum atomic E-state index is -0.960. The van der Waals surface area contributed by atoms with Gasteiger partial charge >= 0.3 is 5.97 Å². The first kappa shape index (κ1) is 18.6. The predicted octanol–water partition coefficient (Wildman–Crippen LogP) is 3.02. The molecule has 0 heterocycles. The van der Waals surface area contributed by atoms with Crippen LogP contribution >= 0.6 is 0 Å². The molecule has 2 amide bonds. The lowest BCUT2D eigenvalue weighted by Crippen LogP contribution is -2.25. The van der Waals surface area contributed by atoms with Crippen molar-refractivity contribution in [2.45, 2.75) is 25.2 Å². The summed E-state index contributed by atoms with van der Waals surface area (Å²) in [6, 6.07) is 16.8. The molecule has 6 heteroatoms. The average Bonchev–Trinajstić information content (AvgIpc) is 3.41. The van der Waals surface area contributed by atoms with Crippen LogP contribution in [0.3, 0.4) is 0 Å². The van der Waals surface area contributed by atoms with Crippen LogP contribution in [0.25, 0.3) is 0 Å². The molecular formula is C21H22N2O4. The fourth-order valence-electron chi connectivity index (χ4n) is 3.12. The van der Waals surface area contributed by atoms with E-state index in [0.29, 0.717) is 29.5 Å². The van der Waals surface area contributed by atoms with Crippen LogP contribution in [-0.4, -0.2) is 29.4 Å². The minimum absolute atomic E-state index is 0.0305. The van der Waals surface area contributed by atoms with E-state index < -0.39 is 5.97 Å². The number of amides is 2. The van der Waals surface area contributed by atoms with Crippen molar-refractivity contribution in [1.82, 2.24) is 5.32 Å². The molecule has 2 atom stereocenters. The molecule has 0 saturated heterocycles. The van der Waals surface area contributed by atoms with Gasteiger partial charge in [-0.05, 0) is 48.1 Å². The Morgan fingerprint density at radius 2 is 1.70 bits per heavy atom. The van der Waals surface area contributed by atoms with Gasteiger partial charge in [-0.2, -0.15) is 0 Å². The maximum Gasteiger partial charge on any atom is 0.305 e. The Hall–Kier alpha value is -3.15. The van der Waals surface area contributed by atoms with Crippen LogP contribution in [0, 0.1) is 5.92 Å². The molecule has 0 aromatic heterocycles. The van der Waals surface area contributed by atoms with Crippen LogP contribution in [0.2, 0.25) is 0 Å². The number of hydrogen-bond donors (Lipinski definition) is 3. The monoisotopic (exact) mass is 366 g/mol. The first-order chi connectivity index (χ1) is 13.0. The van der Waals surface area contributed by atoms with Crippen LogP contribution < -0.4 is 10.6 Å². The van der Waals surface area contributed by atoms with Gasteiger partial charge in [0.05, 0.1) is 6.42 Å². The summed E-state index contributed by atoms with van der Waals surface area (Å²) in [6.07, 6.45) is 1.40. The quantitative estimate of drug-likeness (QED) is 0.669. The van der Waals surface area contributed by atoms with Gasteiger partial charge in [0, 0.05) is 24.2 Å². The summed E-state index contributed by atoms with van der Waals surface area (Å²) in [6.45, 7) is 0.0800. The largest absolute Gasteiger partial charge is 0.481 e. The van der Waals surface area contributed by atoms with Crippen molar-refractivity contribution in [3.8, 4) is 0 Å².